The Labute approximate surface area is 194 Å². The fourth-order valence-electron chi connectivity index (χ4n) is 4.29. The number of rotatable bonds is 5. The first kappa shape index (κ1) is 21.8. The number of carbonyl (C=O) groups is 1. The zero-order valence-corrected chi connectivity index (χ0v) is 19.8. The zero-order valence-electron chi connectivity index (χ0n) is 18.2. The maximum absolute atomic E-state index is 13.1. The number of anilines is 1. The van der Waals surface area contributed by atoms with Crippen molar-refractivity contribution >= 4 is 43.3 Å². The maximum Gasteiger partial charge on any atom is 0.248 e. The summed E-state index contributed by atoms with van der Waals surface area (Å²) in [5, 5.41) is 10.1. The van der Waals surface area contributed by atoms with Crippen LogP contribution in [0.15, 0.2) is 45.3 Å². The van der Waals surface area contributed by atoms with Crippen molar-refractivity contribution in [2.75, 3.05) is 18.4 Å². The summed E-state index contributed by atoms with van der Waals surface area (Å²) < 4.78 is 32.7. The molecule has 3 aromatic heterocycles. The first-order chi connectivity index (χ1) is 15.8. The Balaban J connectivity index is 1.31. The number of benzene rings is 1. The van der Waals surface area contributed by atoms with Crippen LogP contribution in [0.5, 0.6) is 0 Å². The number of para-hydroxylation sites is 1. The molecule has 4 aromatic rings. The molecule has 172 valence electrons. The van der Waals surface area contributed by atoms with Crippen LogP contribution in [-0.4, -0.2) is 46.8 Å². The van der Waals surface area contributed by atoms with E-state index in [4.69, 9.17) is 4.52 Å². The molecule has 0 radical (unpaired) electrons. The Morgan fingerprint density at radius 1 is 1.30 bits per heavy atom. The van der Waals surface area contributed by atoms with E-state index in [2.05, 4.69) is 20.4 Å². The van der Waals surface area contributed by atoms with Crippen LogP contribution in [0, 0.1) is 19.8 Å². The lowest BCUT2D eigenvalue weighted by Gasteiger charge is -2.30. The van der Waals surface area contributed by atoms with E-state index in [0.29, 0.717) is 30.2 Å². The number of nitrogens with one attached hydrogen (secondary N) is 2. The third-order valence-electron chi connectivity index (χ3n) is 5.92. The van der Waals surface area contributed by atoms with Gasteiger partial charge in [-0.05, 0) is 32.8 Å². The van der Waals surface area contributed by atoms with Gasteiger partial charge in [0.05, 0.1) is 11.6 Å². The molecule has 1 aliphatic heterocycles. The third kappa shape index (κ3) is 3.96. The Morgan fingerprint density at radius 2 is 2.12 bits per heavy atom. The summed E-state index contributed by atoms with van der Waals surface area (Å²) in [6.45, 7) is 3.65. The highest BCUT2D eigenvalue weighted by molar-refractivity contribution is 7.89. The molecule has 1 atom stereocenters. The number of fused-ring (bicyclic) bond motifs is 1. The summed E-state index contributed by atoms with van der Waals surface area (Å²) >= 11 is 1.35. The van der Waals surface area contributed by atoms with Gasteiger partial charge in [-0.25, -0.2) is 13.4 Å². The summed E-state index contributed by atoms with van der Waals surface area (Å²) in [7, 11) is -3.79. The van der Waals surface area contributed by atoms with E-state index in [-0.39, 0.29) is 23.1 Å². The second kappa shape index (κ2) is 8.40. The topological polar surface area (TPSA) is 121 Å². The number of aromatic nitrogens is 3. The van der Waals surface area contributed by atoms with Gasteiger partial charge < -0.3 is 14.8 Å². The molecule has 33 heavy (non-hydrogen) atoms. The highest BCUT2D eigenvalue weighted by Gasteiger charge is 2.36. The van der Waals surface area contributed by atoms with Crippen molar-refractivity contribution in [1.29, 1.82) is 0 Å². The molecule has 4 heterocycles. The van der Waals surface area contributed by atoms with Crippen molar-refractivity contribution in [2.45, 2.75) is 31.6 Å². The molecule has 2 N–H and O–H groups in total. The van der Waals surface area contributed by atoms with Crippen LogP contribution in [0.4, 0.5) is 5.13 Å². The summed E-state index contributed by atoms with van der Waals surface area (Å²) in [6.07, 6.45) is 3.11. The lowest BCUT2D eigenvalue weighted by molar-refractivity contribution is -0.120. The number of carbonyl (C=O) groups excluding carboxylic acids is 1. The van der Waals surface area contributed by atoms with E-state index in [0.717, 1.165) is 22.2 Å². The van der Waals surface area contributed by atoms with Crippen LogP contribution in [0.1, 0.15) is 24.3 Å². The van der Waals surface area contributed by atoms with Crippen LogP contribution in [0.3, 0.4) is 0 Å². The van der Waals surface area contributed by atoms with E-state index in [1.807, 2.05) is 35.8 Å². The molecule has 1 amide bonds. The van der Waals surface area contributed by atoms with Crippen LogP contribution in [0.25, 0.3) is 22.2 Å². The number of aromatic amines is 1. The van der Waals surface area contributed by atoms with Crippen LogP contribution < -0.4 is 5.32 Å². The SMILES string of the molecule is Cc1noc(C)c1S(=O)(=O)N1CCCC(C(=O)Nc2nc(-c3c[nH]c4ccccc34)cs2)C1. The maximum atomic E-state index is 13.1. The first-order valence-corrected chi connectivity index (χ1v) is 12.9. The number of nitrogens with zero attached hydrogens (tertiary/aromatic N) is 3. The molecular formula is C22H23N5O4S2. The molecule has 9 nitrogen and oxygen atoms in total. The number of hydrogen-bond donors (Lipinski definition) is 2. The number of amides is 1. The van der Waals surface area contributed by atoms with Gasteiger partial charge in [0, 0.05) is 41.1 Å². The molecule has 5 rings (SSSR count). The second-order valence-corrected chi connectivity index (χ2v) is 10.9. The standard InChI is InChI=1S/C22H23N5O4S2/c1-13-20(14(2)31-26-13)33(29,30)27-9-5-6-15(11-27)21(28)25-22-24-19(12-32-22)17-10-23-18-8-4-3-7-16(17)18/h3-4,7-8,10,12,15,23H,5-6,9,11H2,1-2H3,(H,24,25,28). The Kier molecular flexibility index (Phi) is 5.55. The van der Waals surface area contributed by atoms with Crippen LogP contribution >= 0.6 is 11.3 Å². The minimum absolute atomic E-state index is 0.0897. The first-order valence-electron chi connectivity index (χ1n) is 10.6. The third-order valence-corrected chi connectivity index (χ3v) is 8.79. The Hall–Kier alpha value is -3.02. The average molecular weight is 486 g/mol. The van der Waals surface area contributed by atoms with E-state index >= 15 is 0 Å². The fourth-order valence-corrected chi connectivity index (χ4v) is 6.82. The lowest BCUT2D eigenvalue weighted by Crippen LogP contribution is -2.43. The van der Waals surface area contributed by atoms with E-state index in [9.17, 15) is 13.2 Å². The highest BCUT2D eigenvalue weighted by Crippen LogP contribution is 2.32. The predicted octanol–water partition coefficient (Wildman–Crippen LogP) is 3.94. The van der Waals surface area contributed by atoms with Gasteiger partial charge in [0.15, 0.2) is 10.9 Å². The van der Waals surface area contributed by atoms with E-state index in [1.54, 1.807) is 13.8 Å². The average Bonchev–Trinajstić information content (AvgIpc) is 3.52. The summed E-state index contributed by atoms with van der Waals surface area (Å²) in [5.41, 5.74) is 3.09. The normalized spacial score (nSPS) is 17.5. The molecule has 0 spiro atoms. The number of piperidine rings is 1. The molecular weight excluding hydrogens is 462 g/mol. The van der Waals surface area contributed by atoms with Crippen molar-refractivity contribution < 1.29 is 17.7 Å². The molecule has 1 aromatic carbocycles. The van der Waals surface area contributed by atoms with Crippen molar-refractivity contribution in [3.63, 3.8) is 0 Å². The van der Waals surface area contributed by atoms with Crippen molar-refractivity contribution in [3.05, 3.63) is 47.3 Å². The number of H-pyrrole nitrogens is 1. The predicted molar refractivity (Wildman–Crippen MR) is 125 cm³/mol. The van der Waals surface area contributed by atoms with Crippen molar-refractivity contribution in [2.24, 2.45) is 5.92 Å². The smallest absolute Gasteiger partial charge is 0.248 e. The Morgan fingerprint density at radius 3 is 2.91 bits per heavy atom. The second-order valence-electron chi connectivity index (χ2n) is 8.13. The number of sulfonamides is 1. The molecule has 11 heteroatoms. The largest absolute Gasteiger partial charge is 0.360 e. The zero-order chi connectivity index (χ0) is 23.2. The van der Waals surface area contributed by atoms with Gasteiger partial charge in [-0.3, -0.25) is 4.79 Å². The minimum atomic E-state index is -3.79. The van der Waals surface area contributed by atoms with Gasteiger partial charge in [-0.15, -0.1) is 11.3 Å². The fraction of sp³-hybridized carbons (Fsp3) is 0.318. The lowest BCUT2D eigenvalue weighted by atomic mass is 9.99. The molecule has 0 bridgehead atoms. The minimum Gasteiger partial charge on any atom is -0.360 e. The van der Waals surface area contributed by atoms with Gasteiger partial charge in [0.1, 0.15) is 10.6 Å². The molecule has 1 aliphatic rings. The molecule has 1 unspecified atom stereocenters. The van der Waals surface area contributed by atoms with Gasteiger partial charge in [-0.2, -0.15) is 4.31 Å². The summed E-state index contributed by atoms with van der Waals surface area (Å²) in [5.74, 6) is -0.436. The molecule has 1 fully saturated rings. The Bertz CT molecular complexity index is 1420. The van der Waals surface area contributed by atoms with Crippen molar-refractivity contribution in [3.8, 4) is 11.3 Å². The summed E-state index contributed by atoms with van der Waals surface area (Å²) in [6, 6.07) is 7.96. The van der Waals surface area contributed by atoms with E-state index < -0.39 is 15.9 Å². The monoisotopic (exact) mass is 485 g/mol. The van der Waals surface area contributed by atoms with Crippen molar-refractivity contribution in [1.82, 2.24) is 19.4 Å². The molecule has 0 saturated carbocycles. The highest BCUT2D eigenvalue weighted by atomic mass is 32.2. The molecule has 0 aliphatic carbocycles. The number of hydrogen-bond acceptors (Lipinski definition) is 7. The van der Waals surface area contributed by atoms with Crippen LogP contribution in [-0.2, 0) is 14.8 Å². The van der Waals surface area contributed by atoms with Gasteiger partial charge in [0.2, 0.25) is 15.9 Å². The van der Waals surface area contributed by atoms with Crippen LogP contribution in [0.2, 0.25) is 0 Å². The quantitative estimate of drug-likeness (QED) is 0.442. The van der Waals surface area contributed by atoms with Gasteiger partial charge in [-0.1, -0.05) is 23.4 Å². The molecule has 1 saturated heterocycles. The summed E-state index contributed by atoms with van der Waals surface area (Å²) in [4.78, 5) is 20.9. The van der Waals surface area contributed by atoms with Gasteiger partial charge in [0.25, 0.3) is 0 Å². The van der Waals surface area contributed by atoms with E-state index in [1.165, 1.54) is 15.6 Å². The number of aryl methyl sites for hydroxylation is 2. The van der Waals surface area contributed by atoms with Gasteiger partial charge >= 0.3 is 0 Å². The number of thiazole rings is 1.